The minimum Gasteiger partial charge on any atom is -0.303 e. The number of anilines is 1. The number of benzene rings is 1. The van der Waals surface area contributed by atoms with Gasteiger partial charge in [-0.25, -0.2) is 14.6 Å². The first-order chi connectivity index (χ1) is 12.9. The number of imidazole rings is 1. The Morgan fingerprint density at radius 2 is 1.89 bits per heavy atom. The van der Waals surface area contributed by atoms with Crippen LogP contribution in [0.15, 0.2) is 39.0 Å². The maximum atomic E-state index is 13.0. The number of aromatic nitrogens is 4. The maximum Gasteiger partial charge on any atom is 0.332 e. The molecule has 0 spiro atoms. The lowest BCUT2D eigenvalue weighted by atomic mass is 10.2. The monoisotopic (exact) mass is 372 g/mol. The number of nitrogens with zero attached hydrogens (tertiary/aromatic N) is 5. The molecule has 0 atom stereocenters. The highest BCUT2D eigenvalue weighted by Gasteiger charge is 2.18. The fourth-order valence-corrected chi connectivity index (χ4v) is 2.78. The van der Waals surface area contributed by atoms with Crippen molar-refractivity contribution in [3.05, 3.63) is 56.5 Å². The van der Waals surface area contributed by atoms with E-state index in [9.17, 15) is 14.0 Å². The minimum atomic E-state index is -0.436. The summed E-state index contributed by atoms with van der Waals surface area (Å²) in [6.45, 7) is 2.61. The number of nitrogens with one attached hydrogen (secondary N) is 1. The van der Waals surface area contributed by atoms with E-state index in [-0.39, 0.29) is 5.82 Å². The Labute approximate surface area is 154 Å². The van der Waals surface area contributed by atoms with Crippen molar-refractivity contribution in [3.63, 3.8) is 0 Å². The molecule has 0 amide bonds. The Morgan fingerprint density at radius 3 is 2.56 bits per heavy atom. The van der Waals surface area contributed by atoms with E-state index in [1.54, 1.807) is 23.7 Å². The molecule has 2 heterocycles. The summed E-state index contributed by atoms with van der Waals surface area (Å²) >= 11 is 0. The van der Waals surface area contributed by atoms with E-state index < -0.39 is 11.2 Å². The van der Waals surface area contributed by atoms with E-state index in [4.69, 9.17) is 0 Å². The smallest absolute Gasteiger partial charge is 0.303 e. The lowest BCUT2D eigenvalue weighted by Gasteiger charge is -2.08. The molecule has 2 aromatic heterocycles. The molecule has 0 unspecified atom stereocenters. The molecule has 9 heteroatoms. The van der Waals surface area contributed by atoms with Gasteiger partial charge in [0.05, 0.1) is 6.21 Å². The molecule has 1 N–H and O–H groups in total. The van der Waals surface area contributed by atoms with Gasteiger partial charge in [-0.05, 0) is 24.1 Å². The molecule has 3 rings (SSSR count). The zero-order valence-corrected chi connectivity index (χ0v) is 15.4. The molecule has 142 valence electrons. The highest BCUT2D eigenvalue weighted by molar-refractivity contribution is 5.80. The predicted molar refractivity (Wildman–Crippen MR) is 103 cm³/mol. The van der Waals surface area contributed by atoms with E-state index in [1.165, 1.54) is 30.0 Å². The third-order valence-electron chi connectivity index (χ3n) is 4.33. The van der Waals surface area contributed by atoms with Gasteiger partial charge in [0.25, 0.3) is 5.56 Å². The molecule has 0 radical (unpaired) electrons. The van der Waals surface area contributed by atoms with Gasteiger partial charge in [-0.3, -0.25) is 13.9 Å². The molecule has 0 saturated heterocycles. The number of hydrogen-bond acceptors (Lipinski definition) is 5. The number of fused-ring (bicyclic) bond motifs is 1. The molecule has 0 aliphatic carbocycles. The van der Waals surface area contributed by atoms with Crippen LogP contribution in [-0.2, 0) is 20.6 Å². The van der Waals surface area contributed by atoms with Gasteiger partial charge in [0.15, 0.2) is 11.2 Å². The largest absolute Gasteiger partial charge is 0.332 e. The first-order valence-corrected chi connectivity index (χ1v) is 8.65. The van der Waals surface area contributed by atoms with Crippen molar-refractivity contribution in [2.45, 2.75) is 26.3 Å². The summed E-state index contributed by atoms with van der Waals surface area (Å²) in [5.74, 6) is 0.0494. The van der Waals surface area contributed by atoms with Gasteiger partial charge in [0.2, 0.25) is 5.95 Å². The number of hydrogen-bond donors (Lipinski definition) is 1. The number of aryl methyl sites for hydroxylation is 2. The average molecular weight is 372 g/mol. The second-order valence-electron chi connectivity index (χ2n) is 6.24. The van der Waals surface area contributed by atoms with E-state index in [1.807, 2.05) is 6.92 Å². The number of rotatable bonds is 6. The van der Waals surface area contributed by atoms with Crippen LogP contribution in [0.5, 0.6) is 0 Å². The molecular formula is C18H21FN6O2. The van der Waals surface area contributed by atoms with Crippen LogP contribution < -0.4 is 16.7 Å². The van der Waals surface area contributed by atoms with Crippen molar-refractivity contribution in [1.29, 1.82) is 0 Å². The first kappa shape index (κ1) is 18.6. The molecule has 3 aromatic rings. The third-order valence-corrected chi connectivity index (χ3v) is 4.33. The molecule has 0 saturated carbocycles. The number of hydrazone groups is 1. The average Bonchev–Trinajstić information content (AvgIpc) is 3.03. The van der Waals surface area contributed by atoms with Crippen LogP contribution in [0, 0.1) is 5.82 Å². The van der Waals surface area contributed by atoms with Crippen LogP contribution >= 0.6 is 0 Å². The minimum absolute atomic E-state index is 0.304. The van der Waals surface area contributed by atoms with Crippen LogP contribution in [0.25, 0.3) is 11.2 Å². The fourth-order valence-electron chi connectivity index (χ4n) is 2.78. The first-order valence-electron chi connectivity index (χ1n) is 8.65. The summed E-state index contributed by atoms with van der Waals surface area (Å²) in [7, 11) is 3.02. The van der Waals surface area contributed by atoms with Gasteiger partial charge in [0, 0.05) is 20.6 Å². The third kappa shape index (κ3) is 3.53. The van der Waals surface area contributed by atoms with Gasteiger partial charge >= 0.3 is 5.69 Å². The number of unbranched alkanes of at least 4 members (excludes halogenated alkanes) is 1. The van der Waals surface area contributed by atoms with Crippen molar-refractivity contribution in [3.8, 4) is 0 Å². The Bertz CT molecular complexity index is 1110. The Kier molecular flexibility index (Phi) is 5.20. The number of halogens is 1. The lowest BCUT2D eigenvalue weighted by molar-refractivity contribution is 0.628. The van der Waals surface area contributed by atoms with Crippen molar-refractivity contribution < 1.29 is 4.39 Å². The van der Waals surface area contributed by atoms with Gasteiger partial charge < -0.3 is 4.57 Å². The summed E-state index contributed by atoms with van der Waals surface area (Å²) in [5.41, 5.74) is 3.37. The van der Waals surface area contributed by atoms with Gasteiger partial charge in [-0.1, -0.05) is 25.5 Å². The normalized spacial score (nSPS) is 11.6. The van der Waals surface area contributed by atoms with Crippen molar-refractivity contribution in [2.24, 2.45) is 19.2 Å². The lowest BCUT2D eigenvalue weighted by Crippen LogP contribution is -2.37. The highest BCUT2D eigenvalue weighted by Crippen LogP contribution is 2.16. The van der Waals surface area contributed by atoms with Crippen molar-refractivity contribution in [2.75, 3.05) is 5.43 Å². The SMILES string of the molecule is CCCCn1c(NN=Cc2ccc(F)cc2)nc2c1c(=O)n(C)c(=O)n2C. The van der Waals surface area contributed by atoms with E-state index in [2.05, 4.69) is 15.5 Å². The second-order valence-corrected chi connectivity index (χ2v) is 6.24. The molecule has 1 aromatic carbocycles. The van der Waals surface area contributed by atoms with Crippen LogP contribution in [0.4, 0.5) is 10.3 Å². The second kappa shape index (κ2) is 7.56. The summed E-state index contributed by atoms with van der Waals surface area (Å²) in [6.07, 6.45) is 3.30. The van der Waals surface area contributed by atoms with Crippen molar-refractivity contribution >= 4 is 23.3 Å². The molecule has 0 bridgehead atoms. The van der Waals surface area contributed by atoms with Gasteiger partial charge in [0.1, 0.15) is 5.82 Å². The van der Waals surface area contributed by atoms with E-state index in [0.29, 0.717) is 29.2 Å². The molecule has 27 heavy (non-hydrogen) atoms. The van der Waals surface area contributed by atoms with Crippen LogP contribution in [0.1, 0.15) is 25.3 Å². The summed E-state index contributed by atoms with van der Waals surface area (Å²) in [4.78, 5) is 29.2. The van der Waals surface area contributed by atoms with Crippen LogP contribution in [-0.4, -0.2) is 24.9 Å². The van der Waals surface area contributed by atoms with Gasteiger partial charge in [-0.2, -0.15) is 10.1 Å². The summed E-state index contributed by atoms with van der Waals surface area (Å²) in [6, 6.07) is 5.88. The molecule has 0 aliphatic rings. The zero-order valence-electron chi connectivity index (χ0n) is 15.4. The molecular weight excluding hydrogens is 351 g/mol. The predicted octanol–water partition coefficient (Wildman–Crippen LogP) is 1.82. The molecule has 0 fully saturated rings. The highest BCUT2D eigenvalue weighted by atomic mass is 19.1. The summed E-state index contributed by atoms with van der Waals surface area (Å²) in [5, 5.41) is 4.13. The van der Waals surface area contributed by atoms with Crippen LogP contribution in [0.2, 0.25) is 0 Å². The quantitative estimate of drug-likeness (QED) is 0.528. The summed E-state index contributed by atoms with van der Waals surface area (Å²) < 4.78 is 17.1. The maximum absolute atomic E-state index is 13.0. The Balaban J connectivity index is 2.04. The van der Waals surface area contributed by atoms with Crippen LogP contribution in [0.3, 0.4) is 0 Å². The zero-order chi connectivity index (χ0) is 19.6. The standard InChI is InChI=1S/C18H21FN6O2/c1-4-5-10-25-14-15(23(2)18(27)24(3)16(14)26)21-17(25)22-20-11-12-6-8-13(19)9-7-12/h6-9,11H,4-5,10H2,1-3H3,(H,21,22). The molecule has 8 nitrogen and oxygen atoms in total. The Hall–Kier alpha value is -3.23. The Morgan fingerprint density at radius 1 is 1.19 bits per heavy atom. The van der Waals surface area contributed by atoms with E-state index in [0.717, 1.165) is 17.4 Å². The molecule has 0 aliphatic heterocycles. The van der Waals surface area contributed by atoms with Gasteiger partial charge in [-0.15, -0.1) is 0 Å². The van der Waals surface area contributed by atoms with E-state index >= 15 is 0 Å². The fraction of sp³-hybridized carbons (Fsp3) is 0.333. The van der Waals surface area contributed by atoms with Crippen molar-refractivity contribution in [1.82, 2.24) is 18.7 Å². The topological polar surface area (TPSA) is 86.2 Å².